The molecule has 1 heterocycles. The van der Waals surface area contributed by atoms with Crippen molar-refractivity contribution in [3.63, 3.8) is 0 Å². The molecule has 0 saturated heterocycles. The molecule has 0 saturated carbocycles. The quantitative estimate of drug-likeness (QED) is 0.811. The van der Waals surface area contributed by atoms with Crippen LogP contribution in [0.25, 0.3) is 0 Å². The van der Waals surface area contributed by atoms with Crippen molar-refractivity contribution in [1.29, 1.82) is 0 Å². The lowest BCUT2D eigenvalue weighted by Gasteiger charge is -2.27. The van der Waals surface area contributed by atoms with Crippen LogP contribution in [0.2, 0.25) is 0 Å². The molecule has 0 radical (unpaired) electrons. The number of hydrogen-bond donors (Lipinski definition) is 3. The topological polar surface area (TPSA) is 70.2 Å². The summed E-state index contributed by atoms with van der Waals surface area (Å²) in [5.41, 5.74) is 5.68. The Morgan fingerprint density at radius 3 is 2.50 bits per heavy atom. The van der Waals surface area contributed by atoms with Crippen molar-refractivity contribution in [1.82, 2.24) is 0 Å². The van der Waals surface area contributed by atoms with Gasteiger partial charge in [-0.15, -0.1) is 0 Å². The van der Waals surface area contributed by atoms with Crippen molar-refractivity contribution >= 4 is 28.9 Å². The maximum absolute atomic E-state index is 12.2. The van der Waals surface area contributed by atoms with Crippen LogP contribution >= 0.6 is 0 Å². The predicted octanol–water partition coefficient (Wildman–Crippen LogP) is 3.37. The lowest BCUT2D eigenvalue weighted by molar-refractivity contribution is -0.122. The van der Waals surface area contributed by atoms with E-state index in [1.54, 1.807) is 0 Å². The van der Waals surface area contributed by atoms with Gasteiger partial charge in [0.25, 0.3) is 0 Å². The summed E-state index contributed by atoms with van der Waals surface area (Å²) in [5.74, 6) is -0.384. The minimum Gasteiger partial charge on any atom is -0.372 e. The van der Waals surface area contributed by atoms with Crippen molar-refractivity contribution in [3.05, 3.63) is 53.1 Å². The SMILES string of the molecule is Cc1cccc(NC(=O)C[C@H]2Nc3cc(C)c(C)cc3NC2=O)c1. The first kappa shape index (κ1) is 16.1. The van der Waals surface area contributed by atoms with Crippen LogP contribution in [-0.4, -0.2) is 17.9 Å². The van der Waals surface area contributed by atoms with Gasteiger partial charge in [-0.3, -0.25) is 9.59 Å². The summed E-state index contributed by atoms with van der Waals surface area (Å²) in [5, 5.41) is 8.88. The molecule has 1 atom stereocenters. The van der Waals surface area contributed by atoms with E-state index in [1.807, 2.05) is 57.2 Å². The molecule has 0 aromatic heterocycles. The van der Waals surface area contributed by atoms with E-state index in [0.29, 0.717) is 0 Å². The number of carbonyl (C=O) groups excluding carboxylic acids is 2. The highest BCUT2D eigenvalue weighted by Gasteiger charge is 2.27. The average molecular weight is 323 g/mol. The van der Waals surface area contributed by atoms with E-state index in [4.69, 9.17) is 0 Å². The van der Waals surface area contributed by atoms with Crippen LogP contribution in [0.1, 0.15) is 23.1 Å². The number of anilines is 3. The predicted molar refractivity (Wildman–Crippen MR) is 96.4 cm³/mol. The third-order valence-electron chi connectivity index (χ3n) is 4.23. The van der Waals surface area contributed by atoms with E-state index in [1.165, 1.54) is 0 Å². The maximum Gasteiger partial charge on any atom is 0.247 e. The molecule has 24 heavy (non-hydrogen) atoms. The van der Waals surface area contributed by atoms with E-state index in [9.17, 15) is 9.59 Å². The Hall–Kier alpha value is -2.82. The molecule has 0 unspecified atom stereocenters. The van der Waals surface area contributed by atoms with Gasteiger partial charge in [0.15, 0.2) is 0 Å². The molecule has 0 aliphatic carbocycles. The summed E-state index contributed by atoms with van der Waals surface area (Å²) in [6.45, 7) is 5.99. The van der Waals surface area contributed by atoms with Gasteiger partial charge >= 0.3 is 0 Å². The first-order valence-corrected chi connectivity index (χ1v) is 7.97. The third kappa shape index (κ3) is 3.40. The Morgan fingerprint density at radius 1 is 1.08 bits per heavy atom. The fraction of sp³-hybridized carbons (Fsp3) is 0.263. The van der Waals surface area contributed by atoms with Crippen molar-refractivity contribution in [2.75, 3.05) is 16.0 Å². The number of benzene rings is 2. The smallest absolute Gasteiger partial charge is 0.247 e. The Kier molecular flexibility index (Phi) is 4.25. The van der Waals surface area contributed by atoms with Gasteiger partial charge in [0.1, 0.15) is 6.04 Å². The van der Waals surface area contributed by atoms with Crippen molar-refractivity contribution in [2.45, 2.75) is 33.2 Å². The zero-order valence-electron chi connectivity index (χ0n) is 14.1. The van der Waals surface area contributed by atoms with Gasteiger partial charge < -0.3 is 16.0 Å². The maximum atomic E-state index is 12.2. The molecular formula is C19H21N3O2. The molecule has 3 N–H and O–H groups in total. The average Bonchev–Trinajstić information content (AvgIpc) is 2.50. The zero-order valence-corrected chi connectivity index (χ0v) is 14.1. The van der Waals surface area contributed by atoms with Crippen molar-refractivity contribution in [3.8, 4) is 0 Å². The highest BCUT2D eigenvalue weighted by Crippen LogP contribution is 2.30. The number of amides is 2. The summed E-state index contributed by atoms with van der Waals surface area (Å²) in [7, 11) is 0. The van der Waals surface area contributed by atoms with Crippen LogP contribution in [-0.2, 0) is 9.59 Å². The number of aryl methyl sites for hydroxylation is 3. The van der Waals surface area contributed by atoms with Gasteiger partial charge in [-0.2, -0.15) is 0 Å². The summed E-state index contributed by atoms with van der Waals surface area (Å²) < 4.78 is 0. The highest BCUT2D eigenvalue weighted by molar-refractivity contribution is 6.06. The molecule has 2 aromatic rings. The van der Waals surface area contributed by atoms with Crippen LogP contribution in [0.3, 0.4) is 0 Å². The minimum atomic E-state index is -0.579. The van der Waals surface area contributed by atoms with E-state index in [0.717, 1.165) is 33.8 Å². The Labute approximate surface area is 141 Å². The molecule has 5 heteroatoms. The number of rotatable bonds is 3. The number of nitrogens with one attached hydrogen (secondary N) is 3. The second kappa shape index (κ2) is 6.35. The molecule has 2 aromatic carbocycles. The molecule has 2 amide bonds. The minimum absolute atomic E-state index is 0.0755. The molecule has 1 aliphatic rings. The van der Waals surface area contributed by atoms with E-state index < -0.39 is 6.04 Å². The Balaban J connectivity index is 1.70. The van der Waals surface area contributed by atoms with Gasteiger partial charge in [-0.1, -0.05) is 12.1 Å². The molecule has 124 valence electrons. The normalized spacial score (nSPS) is 16.0. The third-order valence-corrected chi connectivity index (χ3v) is 4.23. The molecule has 3 rings (SSSR count). The number of fused-ring (bicyclic) bond motifs is 1. The first-order valence-electron chi connectivity index (χ1n) is 7.97. The first-order chi connectivity index (χ1) is 11.4. The second-order valence-electron chi connectivity index (χ2n) is 6.29. The van der Waals surface area contributed by atoms with Crippen molar-refractivity contribution < 1.29 is 9.59 Å². The van der Waals surface area contributed by atoms with Gasteiger partial charge in [0.2, 0.25) is 11.8 Å². The van der Waals surface area contributed by atoms with Crippen LogP contribution in [0, 0.1) is 20.8 Å². The fourth-order valence-corrected chi connectivity index (χ4v) is 2.78. The monoisotopic (exact) mass is 323 g/mol. The fourth-order valence-electron chi connectivity index (χ4n) is 2.78. The van der Waals surface area contributed by atoms with Gasteiger partial charge in [0.05, 0.1) is 17.8 Å². The summed E-state index contributed by atoms with van der Waals surface area (Å²) in [4.78, 5) is 24.5. The van der Waals surface area contributed by atoms with Crippen molar-refractivity contribution in [2.24, 2.45) is 0 Å². The van der Waals surface area contributed by atoms with Gasteiger partial charge in [-0.25, -0.2) is 0 Å². The van der Waals surface area contributed by atoms with E-state index in [-0.39, 0.29) is 18.2 Å². The lowest BCUT2D eigenvalue weighted by atomic mass is 10.0. The molecule has 0 fully saturated rings. The number of carbonyl (C=O) groups is 2. The molecule has 5 nitrogen and oxygen atoms in total. The summed E-state index contributed by atoms with van der Waals surface area (Å²) in [6.07, 6.45) is 0.0755. The molecule has 0 bridgehead atoms. The molecule has 1 aliphatic heterocycles. The Morgan fingerprint density at radius 2 is 1.79 bits per heavy atom. The van der Waals surface area contributed by atoms with Gasteiger partial charge in [0, 0.05) is 5.69 Å². The standard InChI is InChI=1S/C19H21N3O2/c1-11-5-4-6-14(7-11)20-18(23)10-17-19(24)22-16-9-13(3)12(2)8-15(16)21-17/h4-9,17,21H,10H2,1-3H3,(H,20,23)(H,22,24)/t17-/m1/s1. The van der Waals surface area contributed by atoms with Gasteiger partial charge in [-0.05, 0) is 61.7 Å². The highest BCUT2D eigenvalue weighted by atomic mass is 16.2. The van der Waals surface area contributed by atoms with Crippen LogP contribution in [0.5, 0.6) is 0 Å². The molecule has 0 spiro atoms. The Bertz CT molecular complexity index is 814. The van der Waals surface area contributed by atoms with Crippen LogP contribution < -0.4 is 16.0 Å². The molecular weight excluding hydrogens is 302 g/mol. The summed E-state index contributed by atoms with van der Waals surface area (Å²) >= 11 is 0. The lowest BCUT2D eigenvalue weighted by Crippen LogP contribution is -2.41. The zero-order chi connectivity index (χ0) is 17.3. The van der Waals surface area contributed by atoms with Crippen LogP contribution in [0.15, 0.2) is 36.4 Å². The largest absolute Gasteiger partial charge is 0.372 e. The van der Waals surface area contributed by atoms with Crippen LogP contribution in [0.4, 0.5) is 17.1 Å². The number of hydrogen-bond acceptors (Lipinski definition) is 3. The summed E-state index contributed by atoms with van der Waals surface area (Å²) in [6, 6.07) is 10.9. The van der Waals surface area contributed by atoms with E-state index >= 15 is 0 Å². The second-order valence-corrected chi connectivity index (χ2v) is 6.29. The van der Waals surface area contributed by atoms with E-state index in [2.05, 4.69) is 16.0 Å².